The average molecular weight is 267 g/mol. The predicted octanol–water partition coefficient (Wildman–Crippen LogP) is 1.99. The van der Waals surface area contributed by atoms with Crippen molar-refractivity contribution in [2.45, 2.75) is 33.1 Å². The van der Waals surface area contributed by atoms with E-state index in [1.54, 1.807) is 0 Å². The van der Waals surface area contributed by atoms with Crippen LogP contribution in [0.25, 0.3) is 0 Å². The number of nitrogens with zero attached hydrogens (tertiary/aromatic N) is 3. The van der Waals surface area contributed by atoms with Crippen LogP contribution in [0.3, 0.4) is 0 Å². The molecular formula is C16H33N3. The first-order chi connectivity index (χ1) is 9.13. The Morgan fingerprint density at radius 1 is 0.895 bits per heavy atom. The molecule has 2 fully saturated rings. The zero-order chi connectivity index (χ0) is 13.7. The van der Waals surface area contributed by atoms with Gasteiger partial charge in [-0.15, -0.1) is 0 Å². The van der Waals surface area contributed by atoms with Gasteiger partial charge >= 0.3 is 0 Å². The van der Waals surface area contributed by atoms with Crippen molar-refractivity contribution >= 4 is 0 Å². The van der Waals surface area contributed by atoms with Crippen LogP contribution in [0, 0.1) is 11.8 Å². The van der Waals surface area contributed by atoms with Crippen LogP contribution in [0.2, 0.25) is 0 Å². The standard InChI is InChI=1S/C16H33N3/c1-15(2)4-9-18-10-12-19(13-11-18)14-16-5-7-17(3)8-6-16/h15-16H,4-14H2,1-3H3. The Balaban J connectivity index is 1.60. The second kappa shape index (κ2) is 7.61. The Kier molecular flexibility index (Phi) is 6.11. The monoisotopic (exact) mass is 267 g/mol. The summed E-state index contributed by atoms with van der Waals surface area (Å²) in [5.41, 5.74) is 0. The molecule has 112 valence electrons. The highest BCUT2D eigenvalue weighted by Gasteiger charge is 2.22. The lowest BCUT2D eigenvalue weighted by molar-refractivity contribution is 0.0975. The molecule has 2 aliphatic rings. The van der Waals surface area contributed by atoms with Gasteiger partial charge < -0.3 is 14.7 Å². The van der Waals surface area contributed by atoms with Crippen LogP contribution in [0.15, 0.2) is 0 Å². The molecule has 0 bridgehead atoms. The van der Waals surface area contributed by atoms with Crippen LogP contribution >= 0.6 is 0 Å². The van der Waals surface area contributed by atoms with Gasteiger partial charge in [-0.2, -0.15) is 0 Å². The van der Waals surface area contributed by atoms with Crippen molar-refractivity contribution in [3.63, 3.8) is 0 Å². The van der Waals surface area contributed by atoms with E-state index in [1.165, 1.54) is 71.6 Å². The number of piperazine rings is 1. The van der Waals surface area contributed by atoms with Crippen molar-refractivity contribution in [1.29, 1.82) is 0 Å². The maximum atomic E-state index is 2.71. The van der Waals surface area contributed by atoms with Gasteiger partial charge in [0.1, 0.15) is 0 Å². The molecule has 0 aromatic rings. The number of hydrogen-bond donors (Lipinski definition) is 0. The second-order valence-corrected chi connectivity index (χ2v) is 7.07. The van der Waals surface area contributed by atoms with E-state index in [0.29, 0.717) is 0 Å². The summed E-state index contributed by atoms with van der Waals surface area (Å²) in [6.45, 7) is 15.1. The van der Waals surface area contributed by atoms with E-state index < -0.39 is 0 Å². The summed E-state index contributed by atoms with van der Waals surface area (Å²) < 4.78 is 0. The molecule has 19 heavy (non-hydrogen) atoms. The van der Waals surface area contributed by atoms with Crippen LogP contribution in [0.4, 0.5) is 0 Å². The lowest BCUT2D eigenvalue weighted by atomic mass is 9.96. The van der Waals surface area contributed by atoms with Crippen molar-refractivity contribution in [3.8, 4) is 0 Å². The number of rotatable bonds is 5. The fourth-order valence-corrected chi connectivity index (χ4v) is 3.25. The van der Waals surface area contributed by atoms with Gasteiger partial charge in [0.25, 0.3) is 0 Å². The maximum Gasteiger partial charge on any atom is 0.0110 e. The van der Waals surface area contributed by atoms with Gasteiger partial charge in [-0.25, -0.2) is 0 Å². The van der Waals surface area contributed by atoms with Gasteiger partial charge in [0.05, 0.1) is 0 Å². The molecule has 0 atom stereocenters. The fraction of sp³-hybridized carbons (Fsp3) is 1.00. The predicted molar refractivity (Wildman–Crippen MR) is 82.6 cm³/mol. The third-order valence-corrected chi connectivity index (χ3v) is 4.84. The molecule has 0 aromatic carbocycles. The number of hydrogen-bond acceptors (Lipinski definition) is 3. The molecule has 2 rings (SSSR count). The Bertz CT molecular complexity index is 238. The lowest BCUT2D eigenvalue weighted by Gasteiger charge is -2.38. The van der Waals surface area contributed by atoms with Crippen molar-refractivity contribution in [2.75, 3.05) is 59.4 Å². The van der Waals surface area contributed by atoms with Crippen LogP contribution in [-0.4, -0.2) is 74.1 Å². The minimum Gasteiger partial charge on any atom is -0.306 e. The molecule has 0 amide bonds. The molecule has 2 saturated heterocycles. The fourth-order valence-electron chi connectivity index (χ4n) is 3.25. The summed E-state index contributed by atoms with van der Waals surface area (Å²) in [4.78, 5) is 7.84. The van der Waals surface area contributed by atoms with E-state index in [9.17, 15) is 0 Å². The van der Waals surface area contributed by atoms with E-state index in [-0.39, 0.29) is 0 Å². The molecule has 0 aromatic heterocycles. The van der Waals surface area contributed by atoms with Crippen LogP contribution in [0.1, 0.15) is 33.1 Å². The highest BCUT2D eigenvalue weighted by Crippen LogP contribution is 2.18. The molecule has 0 spiro atoms. The van der Waals surface area contributed by atoms with E-state index >= 15 is 0 Å². The summed E-state index contributed by atoms with van der Waals surface area (Å²) in [5.74, 6) is 1.80. The minimum atomic E-state index is 0.845. The van der Waals surface area contributed by atoms with Crippen molar-refractivity contribution in [2.24, 2.45) is 11.8 Å². The topological polar surface area (TPSA) is 9.72 Å². The zero-order valence-corrected chi connectivity index (χ0v) is 13.3. The molecule has 3 heteroatoms. The smallest absolute Gasteiger partial charge is 0.0110 e. The quantitative estimate of drug-likeness (QED) is 0.754. The van der Waals surface area contributed by atoms with E-state index in [1.807, 2.05) is 0 Å². The third-order valence-electron chi connectivity index (χ3n) is 4.84. The Labute approximate surface area is 119 Å². The van der Waals surface area contributed by atoms with E-state index in [0.717, 1.165) is 11.8 Å². The first kappa shape index (κ1) is 15.3. The Morgan fingerprint density at radius 3 is 2.05 bits per heavy atom. The molecule has 0 radical (unpaired) electrons. The molecule has 0 saturated carbocycles. The highest BCUT2D eigenvalue weighted by molar-refractivity contribution is 4.77. The molecule has 0 aliphatic carbocycles. The molecule has 3 nitrogen and oxygen atoms in total. The van der Waals surface area contributed by atoms with Crippen molar-refractivity contribution < 1.29 is 0 Å². The van der Waals surface area contributed by atoms with Gasteiger partial charge in [-0.3, -0.25) is 0 Å². The van der Waals surface area contributed by atoms with E-state index in [2.05, 4.69) is 35.6 Å². The average Bonchev–Trinajstić information content (AvgIpc) is 2.40. The van der Waals surface area contributed by atoms with E-state index in [4.69, 9.17) is 0 Å². The highest BCUT2D eigenvalue weighted by atomic mass is 15.3. The first-order valence-electron chi connectivity index (χ1n) is 8.26. The molecule has 2 heterocycles. The molecular weight excluding hydrogens is 234 g/mol. The zero-order valence-electron chi connectivity index (χ0n) is 13.3. The van der Waals surface area contributed by atoms with Crippen LogP contribution in [0.5, 0.6) is 0 Å². The normalized spacial score (nSPS) is 25.3. The first-order valence-corrected chi connectivity index (χ1v) is 8.26. The number of piperidine rings is 1. The summed E-state index contributed by atoms with van der Waals surface area (Å²) in [6, 6.07) is 0. The van der Waals surface area contributed by atoms with Gasteiger partial charge in [0.2, 0.25) is 0 Å². The maximum absolute atomic E-state index is 2.71. The van der Waals surface area contributed by atoms with Gasteiger partial charge in [0, 0.05) is 32.7 Å². The summed E-state index contributed by atoms with van der Waals surface area (Å²) in [5, 5.41) is 0. The van der Waals surface area contributed by atoms with Crippen molar-refractivity contribution in [1.82, 2.24) is 14.7 Å². The SMILES string of the molecule is CC(C)CCN1CCN(CC2CCN(C)CC2)CC1. The summed E-state index contributed by atoms with van der Waals surface area (Å²) >= 11 is 0. The lowest BCUT2D eigenvalue weighted by Crippen LogP contribution is -2.48. The summed E-state index contributed by atoms with van der Waals surface area (Å²) in [6.07, 6.45) is 4.17. The number of likely N-dealkylation sites (tertiary alicyclic amines) is 1. The molecule has 0 unspecified atom stereocenters. The van der Waals surface area contributed by atoms with Crippen LogP contribution in [-0.2, 0) is 0 Å². The largest absolute Gasteiger partial charge is 0.306 e. The molecule has 2 aliphatic heterocycles. The molecule has 0 N–H and O–H groups in total. The second-order valence-electron chi connectivity index (χ2n) is 7.07. The third kappa shape index (κ3) is 5.41. The van der Waals surface area contributed by atoms with Gasteiger partial charge in [-0.05, 0) is 57.8 Å². The van der Waals surface area contributed by atoms with Gasteiger partial charge in [-0.1, -0.05) is 13.8 Å². The Morgan fingerprint density at radius 2 is 1.47 bits per heavy atom. The summed E-state index contributed by atoms with van der Waals surface area (Å²) in [7, 11) is 2.25. The minimum absolute atomic E-state index is 0.845. The van der Waals surface area contributed by atoms with Crippen molar-refractivity contribution in [3.05, 3.63) is 0 Å². The van der Waals surface area contributed by atoms with Gasteiger partial charge in [0.15, 0.2) is 0 Å². The Hall–Kier alpha value is -0.120. The van der Waals surface area contributed by atoms with Crippen LogP contribution < -0.4 is 0 Å².